The Kier molecular flexibility index (Phi) is 5.06. The van der Waals surface area contributed by atoms with Crippen LogP contribution in [-0.2, 0) is 11.3 Å². The van der Waals surface area contributed by atoms with E-state index >= 15 is 0 Å². The van der Waals surface area contributed by atoms with Gasteiger partial charge in [-0.05, 0) is 29.1 Å². The van der Waals surface area contributed by atoms with Crippen molar-refractivity contribution in [1.29, 1.82) is 0 Å². The maximum Gasteiger partial charge on any atom is 0.226 e. The quantitative estimate of drug-likeness (QED) is 0.696. The standard InChI is InChI=1S/C20H20N2O2/c1-22(20(23)11-13-24-18-8-3-2-4-9-18)15-17-7-5-6-16-14-21-12-10-19(16)17/h2-10,12,14H,11,13,15H2,1H3. The molecule has 3 aromatic rings. The van der Waals surface area contributed by atoms with Gasteiger partial charge in [0.2, 0.25) is 5.91 Å². The number of hydrogen-bond acceptors (Lipinski definition) is 3. The van der Waals surface area contributed by atoms with Gasteiger partial charge in [-0.1, -0.05) is 36.4 Å². The summed E-state index contributed by atoms with van der Waals surface area (Å²) in [6.45, 7) is 0.957. The topological polar surface area (TPSA) is 42.4 Å². The summed E-state index contributed by atoms with van der Waals surface area (Å²) in [6.07, 6.45) is 3.98. The highest BCUT2D eigenvalue weighted by atomic mass is 16.5. The summed E-state index contributed by atoms with van der Waals surface area (Å²) in [4.78, 5) is 18.2. The Morgan fingerprint density at radius 2 is 1.92 bits per heavy atom. The predicted molar refractivity (Wildman–Crippen MR) is 94.8 cm³/mol. The van der Waals surface area contributed by atoms with Crippen molar-refractivity contribution in [1.82, 2.24) is 9.88 Å². The molecule has 0 radical (unpaired) electrons. The number of rotatable bonds is 6. The maximum atomic E-state index is 12.3. The second-order valence-electron chi connectivity index (χ2n) is 5.68. The van der Waals surface area contributed by atoms with E-state index in [0.29, 0.717) is 19.6 Å². The van der Waals surface area contributed by atoms with Gasteiger partial charge in [-0.15, -0.1) is 0 Å². The number of para-hydroxylation sites is 1. The largest absolute Gasteiger partial charge is 0.493 e. The molecule has 0 saturated heterocycles. The minimum Gasteiger partial charge on any atom is -0.493 e. The predicted octanol–water partition coefficient (Wildman–Crippen LogP) is 3.66. The molecule has 4 nitrogen and oxygen atoms in total. The van der Waals surface area contributed by atoms with E-state index in [1.807, 2.05) is 67.8 Å². The van der Waals surface area contributed by atoms with Crippen molar-refractivity contribution in [3.05, 3.63) is 72.6 Å². The number of ether oxygens (including phenoxy) is 1. The van der Waals surface area contributed by atoms with Crippen LogP contribution in [0.5, 0.6) is 5.75 Å². The van der Waals surface area contributed by atoms with E-state index in [1.54, 1.807) is 11.1 Å². The van der Waals surface area contributed by atoms with E-state index in [-0.39, 0.29) is 5.91 Å². The normalized spacial score (nSPS) is 10.5. The Bertz CT molecular complexity index is 813. The van der Waals surface area contributed by atoms with Crippen molar-refractivity contribution in [2.45, 2.75) is 13.0 Å². The summed E-state index contributed by atoms with van der Waals surface area (Å²) in [7, 11) is 1.82. The average Bonchev–Trinajstić information content (AvgIpc) is 2.63. The van der Waals surface area contributed by atoms with Crippen molar-refractivity contribution in [3.63, 3.8) is 0 Å². The van der Waals surface area contributed by atoms with Gasteiger partial charge in [0.25, 0.3) is 0 Å². The van der Waals surface area contributed by atoms with E-state index in [4.69, 9.17) is 4.74 Å². The summed E-state index contributed by atoms with van der Waals surface area (Å²) in [6, 6.07) is 17.6. The number of carbonyl (C=O) groups excluding carboxylic acids is 1. The van der Waals surface area contributed by atoms with Crippen LogP contribution >= 0.6 is 0 Å². The molecule has 0 aliphatic carbocycles. The molecule has 0 N–H and O–H groups in total. The van der Waals surface area contributed by atoms with Crippen LogP contribution in [0, 0.1) is 0 Å². The highest BCUT2D eigenvalue weighted by molar-refractivity contribution is 5.85. The van der Waals surface area contributed by atoms with Gasteiger partial charge in [0, 0.05) is 31.4 Å². The van der Waals surface area contributed by atoms with Crippen LogP contribution in [0.15, 0.2) is 67.0 Å². The number of pyridine rings is 1. The average molecular weight is 320 g/mol. The van der Waals surface area contributed by atoms with Gasteiger partial charge in [-0.2, -0.15) is 0 Å². The van der Waals surface area contributed by atoms with E-state index < -0.39 is 0 Å². The van der Waals surface area contributed by atoms with Crippen molar-refractivity contribution in [2.75, 3.05) is 13.7 Å². The molecular formula is C20H20N2O2. The SMILES string of the molecule is CN(Cc1cccc2cnccc12)C(=O)CCOc1ccccc1. The molecule has 0 fully saturated rings. The number of aromatic nitrogens is 1. The van der Waals surface area contributed by atoms with Gasteiger partial charge in [-0.25, -0.2) is 0 Å². The molecule has 122 valence electrons. The van der Waals surface area contributed by atoms with Crippen LogP contribution in [0.25, 0.3) is 10.8 Å². The zero-order chi connectivity index (χ0) is 16.8. The van der Waals surface area contributed by atoms with Gasteiger partial charge >= 0.3 is 0 Å². The fourth-order valence-corrected chi connectivity index (χ4v) is 2.63. The molecule has 0 atom stereocenters. The van der Waals surface area contributed by atoms with E-state index in [9.17, 15) is 4.79 Å². The number of carbonyl (C=O) groups is 1. The van der Waals surface area contributed by atoms with E-state index in [0.717, 1.165) is 22.1 Å². The molecule has 1 heterocycles. The third-order valence-electron chi connectivity index (χ3n) is 3.93. The number of hydrogen-bond donors (Lipinski definition) is 0. The number of fused-ring (bicyclic) bond motifs is 1. The summed E-state index contributed by atoms with van der Waals surface area (Å²) in [5.41, 5.74) is 1.12. The van der Waals surface area contributed by atoms with Crippen molar-refractivity contribution < 1.29 is 9.53 Å². The summed E-state index contributed by atoms with van der Waals surface area (Å²) in [5, 5.41) is 2.22. The first-order chi connectivity index (χ1) is 11.7. The van der Waals surface area contributed by atoms with E-state index in [1.165, 1.54) is 0 Å². The van der Waals surface area contributed by atoms with Gasteiger partial charge in [0.05, 0.1) is 13.0 Å². The van der Waals surface area contributed by atoms with Gasteiger partial charge in [-0.3, -0.25) is 9.78 Å². The monoisotopic (exact) mass is 320 g/mol. The molecular weight excluding hydrogens is 300 g/mol. The summed E-state index contributed by atoms with van der Waals surface area (Å²) < 4.78 is 5.59. The molecule has 2 aromatic carbocycles. The molecule has 0 aliphatic heterocycles. The molecule has 0 unspecified atom stereocenters. The van der Waals surface area contributed by atoms with Crippen LogP contribution in [0.2, 0.25) is 0 Å². The third kappa shape index (κ3) is 3.90. The van der Waals surface area contributed by atoms with Crippen LogP contribution in [-0.4, -0.2) is 29.4 Å². The second kappa shape index (κ2) is 7.59. The minimum atomic E-state index is 0.0667. The summed E-state index contributed by atoms with van der Waals surface area (Å²) in [5.74, 6) is 0.853. The lowest BCUT2D eigenvalue weighted by atomic mass is 10.1. The highest BCUT2D eigenvalue weighted by Gasteiger charge is 2.11. The molecule has 3 rings (SSSR count). The van der Waals surface area contributed by atoms with Gasteiger partial charge < -0.3 is 9.64 Å². The Hall–Kier alpha value is -2.88. The Morgan fingerprint density at radius 3 is 2.75 bits per heavy atom. The second-order valence-corrected chi connectivity index (χ2v) is 5.68. The zero-order valence-electron chi connectivity index (χ0n) is 13.7. The van der Waals surface area contributed by atoms with Crippen molar-refractivity contribution in [2.24, 2.45) is 0 Å². The first-order valence-corrected chi connectivity index (χ1v) is 7.97. The zero-order valence-corrected chi connectivity index (χ0v) is 13.7. The van der Waals surface area contributed by atoms with Crippen molar-refractivity contribution in [3.8, 4) is 5.75 Å². The molecule has 1 amide bonds. The smallest absolute Gasteiger partial charge is 0.226 e. The van der Waals surface area contributed by atoms with Crippen LogP contribution < -0.4 is 4.74 Å². The fourth-order valence-electron chi connectivity index (χ4n) is 2.63. The fraction of sp³-hybridized carbons (Fsp3) is 0.200. The third-order valence-corrected chi connectivity index (χ3v) is 3.93. The van der Waals surface area contributed by atoms with Crippen LogP contribution in [0.4, 0.5) is 0 Å². The lowest BCUT2D eigenvalue weighted by molar-refractivity contribution is -0.130. The van der Waals surface area contributed by atoms with Crippen LogP contribution in [0.1, 0.15) is 12.0 Å². The van der Waals surface area contributed by atoms with Gasteiger partial charge in [0.1, 0.15) is 5.75 Å². The van der Waals surface area contributed by atoms with Crippen molar-refractivity contribution >= 4 is 16.7 Å². The maximum absolute atomic E-state index is 12.3. The highest BCUT2D eigenvalue weighted by Crippen LogP contribution is 2.19. The lowest BCUT2D eigenvalue weighted by Crippen LogP contribution is -2.27. The first-order valence-electron chi connectivity index (χ1n) is 7.97. The molecule has 0 bridgehead atoms. The molecule has 0 spiro atoms. The number of nitrogens with zero attached hydrogens (tertiary/aromatic N) is 2. The molecule has 24 heavy (non-hydrogen) atoms. The number of amides is 1. The lowest BCUT2D eigenvalue weighted by Gasteiger charge is -2.18. The Morgan fingerprint density at radius 1 is 1.08 bits per heavy atom. The molecule has 0 aliphatic rings. The Labute approximate surface area is 141 Å². The molecule has 4 heteroatoms. The first kappa shape index (κ1) is 16.0. The minimum absolute atomic E-state index is 0.0667. The summed E-state index contributed by atoms with van der Waals surface area (Å²) >= 11 is 0. The Balaban J connectivity index is 1.57. The van der Waals surface area contributed by atoms with E-state index in [2.05, 4.69) is 4.98 Å². The number of benzene rings is 2. The van der Waals surface area contributed by atoms with Gasteiger partial charge in [0.15, 0.2) is 0 Å². The van der Waals surface area contributed by atoms with Crippen LogP contribution in [0.3, 0.4) is 0 Å². The molecule has 0 saturated carbocycles. The molecule has 1 aromatic heterocycles.